The molecule has 0 aromatic heterocycles. The quantitative estimate of drug-likeness (QED) is 0.766. The highest BCUT2D eigenvalue weighted by atomic mass is 16.5. The van der Waals surface area contributed by atoms with Crippen LogP contribution in [0.3, 0.4) is 0 Å². The van der Waals surface area contributed by atoms with Crippen LogP contribution in [0.15, 0.2) is 54.6 Å². The summed E-state index contributed by atoms with van der Waals surface area (Å²) in [5, 5.41) is 0. The number of hydrogen-bond donors (Lipinski definition) is 1. The average Bonchev–Trinajstić information content (AvgIpc) is 2.36. The fraction of sp³-hybridized carbons (Fsp3) is 0.143. The minimum atomic E-state index is 0.649. The average molecular weight is 215 g/mol. The van der Waals surface area contributed by atoms with Crippen LogP contribution in [0.4, 0.5) is 5.69 Å². The van der Waals surface area contributed by atoms with Gasteiger partial charge in [-0.15, -0.1) is 0 Å². The second kappa shape index (κ2) is 6.51. The maximum atomic E-state index is 5.74. The van der Waals surface area contributed by atoms with Crippen molar-refractivity contribution in [2.45, 2.75) is 13.8 Å². The summed E-state index contributed by atoms with van der Waals surface area (Å²) >= 11 is 0. The number of hydrogen-bond acceptors (Lipinski definition) is 2. The van der Waals surface area contributed by atoms with Gasteiger partial charge in [-0.25, -0.2) is 0 Å². The smallest absolute Gasteiger partial charge is 0.150 e. The molecule has 0 radical (unpaired) electrons. The number of ether oxygens (including phenoxy) is 1. The van der Waals surface area contributed by atoms with E-state index in [4.69, 9.17) is 10.5 Å². The van der Waals surface area contributed by atoms with Gasteiger partial charge >= 0.3 is 0 Å². The number of para-hydroxylation sites is 3. The number of nitrogen functional groups attached to an aromatic ring is 1. The molecule has 0 amide bonds. The third-order valence-electron chi connectivity index (χ3n) is 1.89. The highest BCUT2D eigenvalue weighted by Gasteiger charge is 1.98. The molecule has 0 spiro atoms. The topological polar surface area (TPSA) is 35.2 Å². The first-order valence-electron chi connectivity index (χ1n) is 5.43. The maximum Gasteiger partial charge on any atom is 0.150 e. The van der Waals surface area contributed by atoms with Gasteiger partial charge in [-0.05, 0) is 24.3 Å². The van der Waals surface area contributed by atoms with Gasteiger partial charge in [0.05, 0.1) is 5.69 Å². The summed E-state index contributed by atoms with van der Waals surface area (Å²) in [4.78, 5) is 0. The molecular weight excluding hydrogens is 198 g/mol. The second-order valence-electron chi connectivity index (χ2n) is 2.95. The Hall–Kier alpha value is -1.96. The molecule has 2 N–H and O–H groups in total. The van der Waals surface area contributed by atoms with Gasteiger partial charge in [0.2, 0.25) is 0 Å². The van der Waals surface area contributed by atoms with Gasteiger partial charge in [-0.1, -0.05) is 44.2 Å². The molecule has 2 nitrogen and oxygen atoms in total. The van der Waals surface area contributed by atoms with Crippen molar-refractivity contribution < 1.29 is 4.74 Å². The van der Waals surface area contributed by atoms with Crippen LogP contribution < -0.4 is 10.5 Å². The van der Waals surface area contributed by atoms with Crippen LogP contribution in [0.2, 0.25) is 0 Å². The van der Waals surface area contributed by atoms with Gasteiger partial charge in [0, 0.05) is 0 Å². The molecule has 2 aromatic carbocycles. The third kappa shape index (κ3) is 3.31. The molecule has 0 fully saturated rings. The van der Waals surface area contributed by atoms with Gasteiger partial charge in [0.15, 0.2) is 0 Å². The first-order chi connectivity index (χ1) is 7.86. The van der Waals surface area contributed by atoms with Crippen molar-refractivity contribution in [3.63, 3.8) is 0 Å². The van der Waals surface area contributed by atoms with Crippen molar-refractivity contribution in [1.82, 2.24) is 0 Å². The summed E-state index contributed by atoms with van der Waals surface area (Å²) in [6.45, 7) is 4.00. The van der Waals surface area contributed by atoms with Crippen molar-refractivity contribution >= 4 is 5.69 Å². The molecule has 16 heavy (non-hydrogen) atoms. The second-order valence-corrected chi connectivity index (χ2v) is 2.95. The lowest BCUT2D eigenvalue weighted by atomic mass is 10.3. The summed E-state index contributed by atoms with van der Waals surface area (Å²) in [5.41, 5.74) is 6.39. The van der Waals surface area contributed by atoms with E-state index in [9.17, 15) is 0 Å². The van der Waals surface area contributed by atoms with E-state index in [2.05, 4.69) is 0 Å². The summed E-state index contributed by atoms with van der Waals surface area (Å²) in [7, 11) is 0. The van der Waals surface area contributed by atoms with Crippen LogP contribution >= 0.6 is 0 Å². The zero-order valence-corrected chi connectivity index (χ0v) is 9.68. The number of nitrogens with two attached hydrogens (primary N) is 1. The van der Waals surface area contributed by atoms with Gasteiger partial charge in [0.25, 0.3) is 0 Å². The van der Waals surface area contributed by atoms with Crippen LogP contribution in [0, 0.1) is 0 Å². The van der Waals surface area contributed by atoms with E-state index >= 15 is 0 Å². The Morgan fingerprint density at radius 1 is 0.812 bits per heavy atom. The predicted molar refractivity (Wildman–Crippen MR) is 68.7 cm³/mol. The molecule has 2 rings (SSSR count). The number of anilines is 1. The van der Waals surface area contributed by atoms with Crippen LogP contribution in [0.5, 0.6) is 11.5 Å². The fourth-order valence-electron chi connectivity index (χ4n) is 1.19. The molecule has 2 heteroatoms. The van der Waals surface area contributed by atoms with Crippen LogP contribution in [-0.4, -0.2) is 0 Å². The summed E-state index contributed by atoms with van der Waals surface area (Å²) in [6.07, 6.45) is 0. The molecule has 0 saturated carbocycles. The molecule has 0 aliphatic heterocycles. The van der Waals surface area contributed by atoms with Gasteiger partial charge in [-0.3, -0.25) is 0 Å². The van der Waals surface area contributed by atoms with E-state index in [1.54, 1.807) is 0 Å². The van der Waals surface area contributed by atoms with Crippen molar-refractivity contribution in [2.75, 3.05) is 5.73 Å². The number of benzene rings is 2. The van der Waals surface area contributed by atoms with Crippen molar-refractivity contribution in [3.05, 3.63) is 54.6 Å². The Morgan fingerprint density at radius 2 is 1.38 bits per heavy atom. The predicted octanol–water partition coefficient (Wildman–Crippen LogP) is 4.09. The number of rotatable bonds is 2. The zero-order chi connectivity index (χ0) is 11.8. The highest BCUT2D eigenvalue weighted by molar-refractivity contribution is 5.53. The normalized spacial score (nSPS) is 8.88. The van der Waals surface area contributed by atoms with Gasteiger partial charge in [-0.2, -0.15) is 0 Å². The van der Waals surface area contributed by atoms with Crippen molar-refractivity contribution in [1.29, 1.82) is 0 Å². The monoisotopic (exact) mass is 215 g/mol. The van der Waals surface area contributed by atoms with E-state index in [1.165, 1.54) is 0 Å². The third-order valence-corrected chi connectivity index (χ3v) is 1.89. The first kappa shape index (κ1) is 12.1. The molecule has 0 heterocycles. The SMILES string of the molecule is CC.Nc1ccccc1Oc1ccccc1. The standard InChI is InChI=1S/C12H11NO.C2H6/c13-11-8-4-5-9-12(11)14-10-6-2-1-3-7-10;1-2/h1-9H,13H2;1-2H3. The summed E-state index contributed by atoms with van der Waals surface area (Å²) in [6, 6.07) is 17.0. The van der Waals surface area contributed by atoms with E-state index in [0.29, 0.717) is 11.4 Å². The largest absolute Gasteiger partial charge is 0.455 e. The molecule has 0 unspecified atom stereocenters. The van der Waals surface area contributed by atoms with Crippen molar-refractivity contribution in [3.8, 4) is 11.5 Å². The lowest BCUT2D eigenvalue weighted by molar-refractivity contribution is 0.485. The fourth-order valence-corrected chi connectivity index (χ4v) is 1.19. The Balaban J connectivity index is 0.000000606. The Morgan fingerprint density at radius 3 is 2.00 bits per heavy atom. The molecule has 0 saturated heterocycles. The van der Waals surface area contributed by atoms with Gasteiger partial charge < -0.3 is 10.5 Å². The zero-order valence-electron chi connectivity index (χ0n) is 9.68. The van der Waals surface area contributed by atoms with E-state index < -0.39 is 0 Å². The van der Waals surface area contributed by atoms with Crippen molar-refractivity contribution in [2.24, 2.45) is 0 Å². The molecule has 0 aliphatic rings. The molecule has 0 aliphatic carbocycles. The summed E-state index contributed by atoms with van der Waals surface area (Å²) < 4.78 is 5.58. The highest BCUT2D eigenvalue weighted by Crippen LogP contribution is 2.26. The molecule has 0 atom stereocenters. The van der Waals surface area contributed by atoms with Crippen LogP contribution in [0.1, 0.15) is 13.8 Å². The summed E-state index contributed by atoms with van der Waals surface area (Å²) in [5.74, 6) is 1.49. The first-order valence-corrected chi connectivity index (χ1v) is 5.43. The van der Waals surface area contributed by atoms with Crippen LogP contribution in [0.25, 0.3) is 0 Å². The Kier molecular flexibility index (Phi) is 4.93. The molecule has 84 valence electrons. The van der Waals surface area contributed by atoms with E-state index in [0.717, 1.165) is 5.75 Å². The van der Waals surface area contributed by atoms with E-state index in [1.807, 2.05) is 68.4 Å². The maximum absolute atomic E-state index is 5.74. The molecule has 0 bridgehead atoms. The minimum absolute atomic E-state index is 0.649. The lowest BCUT2D eigenvalue weighted by Crippen LogP contribution is -1.90. The Labute approximate surface area is 96.7 Å². The lowest BCUT2D eigenvalue weighted by Gasteiger charge is -2.07. The molecule has 2 aromatic rings. The van der Waals surface area contributed by atoms with Gasteiger partial charge in [0.1, 0.15) is 11.5 Å². The van der Waals surface area contributed by atoms with Crippen LogP contribution in [-0.2, 0) is 0 Å². The Bertz CT molecular complexity index is 412. The van der Waals surface area contributed by atoms with E-state index in [-0.39, 0.29) is 0 Å². The minimum Gasteiger partial charge on any atom is -0.455 e. The molecular formula is C14H17NO.